The van der Waals surface area contributed by atoms with Crippen LogP contribution in [0.25, 0.3) is 0 Å². The van der Waals surface area contributed by atoms with Gasteiger partial charge in [0.15, 0.2) is 0 Å². The Morgan fingerprint density at radius 3 is 2.67 bits per heavy atom. The topological polar surface area (TPSA) is 47.1 Å². The van der Waals surface area contributed by atoms with Crippen LogP contribution in [0.1, 0.15) is 49.2 Å². The van der Waals surface area contributed by atoms with E-state index < -0.39 is 0 Å². The average molecular weight is 313 g/mol. The maximum absolute atomic E-state index is 6.21. The fraction of sp³-hybridized carbons (Fsp3) is 0.769. The minimum Gasteiger partial charge on any atom is -0.329 e. The van der Waals surface area contributed by atoms with E-state index in [1.807, 2.05) is 0 Å². The highest BCUT2D eigenvalue weighted by atomic mass is 79.9. The molecule has 4 nitrogen and oxygen atoms in total. The summed E-state index contributed by atoms with van der Waals surface area (Å²) in [5, 5.41) is 0. The Kier molecular flexibility index (Phi) is 3.47. The molecule has 100 valence electrons. The van der Waals surface area contributed by atoms with Crippen molar-refractivity contribution in [3.63, 3.8) is 0 Å². The van der Waals surface area contributed by atoms with Crippen LogP contribution in [0.3, 0.4) is 0 Å². The Labute approximate surface area is 117 Å². The zero-order valence-electron chi connectivity index (χ0n) is 10.9. The monoisotopic (exact) mass is 312 g/mol. The van der Waals surface area contributed by atoms with Gasteiger partial charge < -0.3 is 15.2 Å². The second kappa shape index (κ2) is 4.94. The molecule has 1 saturated heterocycles. The van der Waals surface area contributed by atoms with Crippen LogP contribution in [-0.4, -0.2) is 34.6 Å². The molecular weight excluding hydrogens is 292 g/mol. The van der Waals surface area contributed by atoms with Gasteiger partial charge in [0.2, 0.25) is 0 Å². The predicted octanol–water partition coefficient (Wildman–Crippen LogP) is 2.25. The molecule has 3 heterocycles. The predicted molar refractivity (Wildman–Crippen MR) is 75.6 cm³/mol. The van der Waals surface area contributed by atoms with Gasteiger partial charge in [0, 0.05) is 18.5 Å². The molecule has 2 aliphatic heterocycles. The van der Waals surface area contributed by atoms with E-state index in [0.29, 0.717) is 5.92 Å². The summed E-state index contributed by atoms with van der Waals surface area (Å²) in [6.07, 6.45) is 4.69. The summed E-state index contributed by atoms with van der Waals surface area (Å²) >= 11 is 3.60. The van der Waals surface area contributed by atoms with Gasteiger partial charge >= 0.3 is 0 Å². The number of hydrogen-bond acceptors (Lipinski definition) is 3. The summed E-state index contributed by atoms with van der Waals surface area (Å²) in [5.41, 5.74) is 7.43. The van der Waals surface area contributed by atoms with Crippen molar-refractivity contribution in [2.45, 2.75) is 44.2 Å². The van der Waals surface area contributed by atoms with Crippen molar-refractivity contribution in [3.8, 4) is 0 Å². The van der Waals surface area contributed by atoms with E-state index in [0.717, 1.165) is 17.6 Å². The molecule has 1 atom stereocenters. The number of imidazole rings is 1. The van der Waals surface area contributed by atoms with Crippen molar-refractivity contribution >= 4 is 15.9 Å². The average Bonchev–Trinajstić information content (AvgIpc) is 2.69. The van der Waals surface area contributed by atoms with Crippen LogP contribution in [0, 0.1) is 0 Å². The highest BCUT2D eigenvalue weighted by Crippen LogP contribution is 2.35. The van der Waals surface area contributed by atoms with E-state index in [9.17, 15) is 0 Å². The zero-order chi connectivity index (χ0) is 12.7. The second-order valence-corrected chi connectivity index (χ2v) is 6.38. The third kappa shape index (κ3) is 2.12. The molecule has 3 rings (SSSR count). The Hall–Kier alpha value is -0.390. The fourth-order valence-electron chi connectivity index (χ4n) is 3.23. The number of nitrogens with zero attached hydrogens (tertiary/aromatic N) is 3. The second-order valence-electron chi connectivity index (χ2n) is 5.62. The summed E-state index contributed by atoms with van der Waals surface area (Å²) in [7, 11) is 2.20. The lowest BCUT2D eigenvalue weighted by Crippen LogP contribution is -2.31. The number of fused-ring (bicyclic) bond motifs is 1. The molecule has 0 bridgehead atoms. The van der Waals surface area contributed by atoms with Crippen LogP contribution in [-0.2, 0) is 6.54 Å². The largest absolute Gasteiger partial charge is 0.329 e. The van der Waals surface area contributed by atoms with E-state index in [1.165, 1.54) is 43.9 Å². The van der Waals surface area contributed by atoms with E-state index >= 15 is 0 Å². The first kappa shape index (κ1) is 12.6. The Morgan fingerprint density at radius 2 is 1.94 bits per heavy atom. The molecule has 18 heavy (non-hydrogen) atoms. The van der Waals surface area contributed by atoms with Crippen molar-refractivity contribution in [1.82, 2.24) is 14.5 Å². The number of halogens is 1. The number of likely N-dealkylation sites (tertiary alicyclic amines) is 1. The Morgan fingerprint density at radius 1 is 1.22 bits per heavy atom. The maximum atomic E-state index is 6.21. The van der Waals surface area contributed by atoms with Crippen LogP contribution >= 0.6 is 15.9 Å². The summed E-state index contributed by atoms with van der Waals surface area (Å²) in [5.74, 6) is 1.87. The van der Waals surface area contributed by atoms with Gasteiger partial charge in [-0.1, -0.05) is 0 Å². The first-order valence-corrected chi connectivity index (χ1v) is 7.66. The molecule has 1 fully saturated rings. The summed E-state index contributed by atoms with van der Waals surface area (Å²) in [6.45, 7) is 3.44. The van der Waals surface area contributed by atoms with E-state index in [1.54, 1.807) is 0 Å². The van der Waals surface area contributed by atoms with E-state index in [-0.39, 0.29) is 6.04 Å². The van der Waals surface area contributed by atoms with Crippen LogP contribution in [0.2, 0.25) is 0 Å². The van der Waals surface area contributed by atoms with Crippen molar-refractivity contribution in [1.29, 1.82) is 0 Å². The highest BCUT2D eigenvalue weighted by Gasteiger charge is 2.29. The summed E-state index contributed by atoms with van der Waals surface area (Å²) < 4.78 is 3.36. The van der Waals surface area contributed by atoms with Crippen LogP contribution in [0.15, 0.2) is 4.60 Å². The van der Waals surface area contributed by atoms with Gasteiger partial charge in [0.25, 0.3) is 0 Å². The molecule has 0 aromatic carbocycles. The van der Waals surface area contributed by atoms with Gasteiger partial charge in [-0.15, -0.1) is 0 Å². The molecule has 0 spiro atoms. The fourth-order valence-corrected chi connectivity index (χ4v) is 3.92. The normalized spacial score (nSPS) is 26.3. The molecule has 0 radical (unpaired) electrons. The van der Waals surface area contributed by atoms with Gasteiger partial charge in [-0.3, -0.25) is 0 Å². The van der Waals surface area contributed by atoms with Crippen LogP contribution in [0.4, 0.5) is 0 Å². The first-order chi connectivity index (χ1) is 8.66. The summed E-state index contributed by atoms with van der Waals surface area (Å²) in [4.78, 5) is 7.17. The van der Waals surface area contributed by atoms with Crippen molar-refractivity contribution < 1.29 is 0 Å². The molecule has 1 aromatic rings. The zero-order valence-corrected chi connectivity index (χ0v) is 12.5. The molecule has 1 aromatic heterocycles. The van der Waals surface area contributed by atoms with Gasteiger partial charge in [-0.05, 0) is 61.8 Å². The van der Waals surface area contributed by atoms with Gasteiger partial charge in [-0.2, -0.15) is 0 Å². The first-order valence-electron chi connectivity index (χ1n) is 6.86. The van der Waals surface area contributed by atoms with Crippen LogP contribution < -0.4 is 5.73 Å². The minimum absolute atomic E-state index is 0.153. The SMILES string of the molecule is CN1CCC(c2nc(Br)c3n2CCCC3N)CC1. The molecule has 0 amide bonds. The summed E-state index contributed by atoms with van der Waals surface area (Å²) in [6, 6.07) is 0.153. The highest BCUT2D eigenvalue weighted by molar-refractivity contribution is 9.10. The molecule has 5 heteroatoms. The van der Waals surface area contributed by atoms with E-state index in [4.69, 9.17) is 10.7 Å². The number of rotatable bonds is 1. The van der Waals surface area contributed by atoms with Crippen molar-refractivity contribution in [2.24, 2.45) is 5.73 Å². The number of piperidine rings is 1. The minimum atomic E-state index is 0.153. The Bertz CT molecular complexity index is 434. The van der Waals surface area contributed by atoms with Gasteiger partial charge in [0.05, 0.1) is 5.69 Å². The number of aromatic nitrogens is 2. The lowest BCUT2D eigenvalue weighted by molar-refractivity contribution is 0.247. The third-order valence-corrected chi connectivity index (χ3v) is 4.91. The van der Waals surface area contributed by atoms with E-state index in [2.05, 4.69) is 32.4 Å². The molecule has 1 unspecified atom stereocenters. The lowest BCUT2D eigenvalue weighted by atomic mass is 9.95. The standard InChI is InChI=1S/C13H21BrN4/c1-17-7-4-9(5-8-17)13-16-12(14)11-10(15)3-2-6-18(11)13/h9-10H,2-8,15H2,1H3. The van der Waals surface area contributed by atoms with Crippen LogP contribution in [0.5, 0.6) is 0 Å². The smallest absolute Gasteiger partial charge is 0.129 e. The quantitative estimate of drug-likeness (QED) is 0.865. The number of nitrogens with two attached hydrogens (primary N) is 1. The number of hydrogen-bond donors (Lipinski definition) is 1. The molecular formula is C13H21BrN4. The molecule has 0 aliphatic carbocycles. The van der Waals surface area contributed by atoms with Crippen molar-refractivity contribution in [2.75, 3.05) is 20.1 Å². The lowest BCUT2D eigenvalue weighted by Gasteiger charge is -2.30. The van der Waals surface area contributed by atoms with Gasteiger partial charge in [0.1, 0.15) is 10.4 Å². The Balaban J connectivity index is 1.91. The van der Waals surface area contributed by atoms with Gasteiger partial charge in [-0.25, -0.2) is 4.98 Å². The maximum Gasteiger partial charge on any atom is 0.129 e. The molecule has 2 aliphatic rings. The van der Waals surface area contributed by atoms with Crippen molar-refractivity contribution in [3.05, 3.63) is 16.1 Å². The third-order valence-electron chi connectivity index (χ3n) is 4.32. The molecule has 2 N–H and O–H groups in total. The molecule has 0 saturated carbocycles.